The Morgan fingerprint density at radius 1 is 1.18 bits per heavy atom. The summed E-state index contributed by atoms with van der Waals surface area (Å²) in [7, 11) is 1.24. The molecule has 0 saturated carbocycles. The number of carbonyl (C=O) groups is 3. The zero-order valence-electron chi connectivity index (χ0n) is 9.56. The molecular weight excluding hydrogens is 224 g/mol. The third-order valence-electron chi connectivity index (χ3n) is 2.01. The van der Waals surface area contributed by atoms with Crippen LogP contribution in [0.1, 0.15) is 27.6 Å². The molecule has 5 nitrogen and oxygen atoms in total. The summed E-state index contributed by atoms with van der Waals surface area (Å²) in [6.45, 7) is 1.73. The SMILES string of the molecule is CCOC(=O)C(=O)c1cccc(C(=O)OC)c1. The molecule has 0 heterocycles. The largest absolute Gasteiger partial charge is 0.465 e. The Balaban J connectivity index is 2.95. The van der Waals surface area contributed by atoms with Crippen LogP contribution in [0.25, 0.3) is 0 Å². The first kappa shape index (κ1) is 12.9. The molecule has 0 fully saturated rings. The number of hydrogen-bond donors (Lipinski definition) is 0. The van der Waals surface area contributed by atoms with Gasteiger partial charge >= 0.3 is 11.9 Å². The molecule has 0 N–H and O–H groups in total. The maximum atomic E-state index is 11.6. The molecule has 5 heteroatoms. The minimum atomic E-state index is -0.936. The molecule has 0 saturated heterocycles. The highest BCUT2D eigenvalue weighted by molar-refractivity contribution is 6.40. The van der Waals surface area contributed by atoms with E-state index in [0.717, 1.165) is 0 Å². The van der Waals surface area contributed by atoms with Crippen molar-refractivity contribution in [1.82, 2.24) is 0 Å². The van der Waals surface area contributed by atoms with Gasteiger partial charge in [0.15, 0.2) is 0 Å². The van der Waals surface area contributed by atoms with E-state index >= 15 is 0 Å². The topological polar surface area (TPSA) is 69.7 Å². The van der Waals surface area contributed by atoms with Crippen molar-refractivity contribution in [3.8, 4) is 0 Å². The molecule has 0 radical (unpaired) electrons. The molecule has 17 heavy (non-hydrogen) atoms. The van der Waals surface area contributed by atoms with E-state index in [1.54, 1.807) is 6.92 Å². The molecule has 0 aliphatic heterocycles. The van der Waals surface area contributed by atoms with E-state index in [-0.39, 0.29) is 17.7 Å². The minimum Gasteiger partial charge on any atom is -0.465 e. The van der Waals surface area contributed by atoms with Crippen LogP contribution in [-0.4, -0.2) is 31.4 Å². The lowest BCUT2D eigenvalue weighted by Gasteiger charge is -2.03. The summed E-state index contributed by atoms with van der Waals surface area (Å²) in [5, 5.41) is 0. The normalized spacial score (nSPS) is 9.53. The van der Waals surface area contributed by atoms with Crippen LogP contribution in [-0.2, 0) is 14.3 Å². The summed E-state index contributed by atoms with van der Waals surface area (Å²) in [5.41, 5.74) is 0.314. The van der Waals surface area contributed by atoms with Crippen molar-refractivity contribution in [1.29, 1.82) is 0 Å². The Labute approximate surface area is 98.3 Å². The first-order valence-electron chi connectivity index (χ1n) is 5.00. The maximum absolute atomic E-state index is 11.6. The number of esters is 2. The summed E-state index contributed by atoms with van der Waals surface area (Å²) in [6.07, 6.45) is 0. The summed E-state index contributed by atoms with van der Waals surface area (Å²) in [6, 6.07) is 5.73. The lowest BCUT2D eigenvalue weighted by atomic mass is 10.1. The van der Waals surface area contributed by atoms with Crippen molar-refractivity contribution in [2.75, 3.05) is 13.7 Å². The zero-order chi connectivity index (χ0) is 12.8. The van der Waals surface area contributed by atoms with Crippen LogP contribution in [0, 0.1) is 0 Å². The highest BCUT2D eigenvalue weighted by atomic mass is 16.5. The van der Waals surface area contributed by atoms with Crippen LogP contribution in [0.15, 0.2) is 24.3 Å². The Morgan fingerprint density at radius 2 is 1.82 bits per heavy atom. The Morgan fingerprint density at radius 3 is 2.41 bits per heavy atom. The van der Waals surface area contributed by atoms with E-state index in [1.807, 2.05) is 0 Å². The second-order valence-corrected chi connectivity index (χ2v) is 3.12. The highest BCUT2D eigenvalue weighted by Crippen LogP contribution is 2.08. The standard InChI is InChI=1S/C12H12O5/c1-3-17-12(15)10(13)8-5-4-6-9(7-8)11(14)16-2/h4-7H,3H2,1-2H3. The average Bonchev–Trinajstić information content (AvgIpc) is 2.37. The fourth-order valence-electron chi connectivity index (χ4n) is 1.22. The lowest BCUT2D eigenvalue weighted by Crippen LogP contribution is -2.18. The second kappa shape index (κ2) is 5.79. The first-order chi connectivity index (χ1) is 8.10. The van der Waals surface area contributed by atoms with Gasteiger partial charge in [0.2, 0.25) is 0 Å². The third kappa shape index (κ3) is 3.14. The van der Waals surface area contributed by atoms with Gasteiger partial charge in [-0.15, -0.1) is 0 Å². The van der Waals surface area contributed by atoms with Gasteiger partial charge in [0.05, 0.1) is 19.3 Å². The van der Waals surface area contributed by atoms with Crippen molar-refractivity contribution in [2.45, 2.75) is 6.92 Å². The van der Waals surface area contributed by atoms with Crippen molar-refractivity contribution >= 4 is 17.7 Å². The third-order valence-corrected chi connectivity index (χ3v) is 2.01. The summed E-state index contributed by atoms with van der Waals surface area (Å²) >= 11 is 0. The van der Waals surface area contributed by atoms with Crippen molar-refractivity contribution in [3.05, 3.63) is 35.4 Å². The fourth-order valence-corrected chi connectivity index (χ4v) is 1.22. The quantitative estimate of drug-likeness (QED) is 0.446. The highest BCUT2D eigenvalue weighted by Gasteiger charge is 2.18. The van der Waals surface area contributed by atoms with E-state index in [2.05, 4.69) is 9.47 Å². The zero-order valence-corrected chi connectivity index (χ0v) is 9.56. The van der Waals surface area contributed by atoms with Gasteiger partial charge in [-0.05, 0) is 19.1 Å². The van der Waals surface area contributed by atoms with Gasteiger partial charge in [0.1, 0.15) is 0 Å². The van der Waals surface area contributed by atoms with Gasteiger partial charge in [-0.2, -0.15) is 0 Å². The maximum Gasteiger partial charge on any atom is 0.379 e. The molecule has 90 valence electrons. The predicted molar refractivity (Wildman–Crippen MR) is 58.7 cm³/mol. The number of ether oxygens (including phenoxy) is 2. The summed E-state index contributed by atoms with van der Waals surface area (Å²) < 4.78 is 9.09. The molecule has 0 aliphatic rings. The van der Waals surface area contributed by atoms with Crippen LogP contribution in [0.2, 0.25) is 0 Å². The van der Waals surface area contributed by atoms with Gasteiger partial charge in [-0.25, -0.2) is 9.59 Å². The summed E-state index contributed by atoms with van der Waals surface area (Å²) in [4.78, 5) is 34.0. The Kier molecular flexibility index (Phi) is 4.39. The molecule has 0 atom stereocenters. The number of methoxy groups -OCH3 is 1. The molecule has 0 amide bonds. The van der Waals surface area contributed by atoms with Gasteiger partial charge in [-0.3, -0.25) is 4.79 Å². The van der Waals surface area contributed by atoms with Crippen LogP contribution in [0.4, 0.5) is 0 Å². The molecule has 0 unspecified atom stereocenters. The number of benzene rings is 1. The smallest absolute Gasteiger partial charge is 0.379 e. The van der Waals surface area contributed by atoms with Crippen molar-refractivity contribution in [3.63, 3.8) is 0 Å². The van der Waals surface area contributed by atoms with Crippen LogP contribution in [0.3, 0.4) is 0 Å². The van der Waals surface area contributed by atoms with Crippen LogP contribution < -0.4 is 0 Å². The van der Waals surface area contributed by atoms with Gasteiger partial charge in [0.25, 0.3) is 5.78 Å². The number of hydrogen-bond acceptors (Lipinski definition) is 5. The number of carbonyl (C=O) groups excluding carboxylic acids is 3. The van der Waals surface area contributed by atoms with Gasteiger partial charge in [0, 0.05) is 5.56 Å². The van der Waals surface area contributed by atoms with E-state index < -0.39 is 17.7 Å². The van der Waals surface area contributed by atoms with E-state index in [4.69, 9.17) is 0 Å². The monoisotopic (exact) mass is 236 g/mol. The first-order valence-corrected chi connectivity index (χ1v) is 5.00. The second-order valence-electron chi connectivity index (χ2n) is 3.12. The molecule has 0 aliphatic carbocycles. The molecular formula is C12H12O5. The van der Waals surface area contributed by atoms with E-state index in [1.165, 1.54) is 31.4 Å². The number of ketones is 1. The lowest BCUT2D eigenvalue weighted by molar-refractivity contribution is -0.137. The van der Waals surface area contributed by atoms with Crippen molar-refractivity contribution < 1.29 is 23.9 Å². The van der Waals surface area contributed by atoms with Gasteiger partial charge < -0.3 is 9.47 Å². The number of Topliss-reactive ketones (excluding diaryl/α,β-unsaturated/α-hetero) is 1. The molecule has 1 aromatic rings. The Hall–Kier alpha value is -2.17. The van der Waals surface area contributed by atoms with E-state index in [9.17, 15) is 14.4 Å². The van der Waals surface area contributed by atoms with E-state index in [0.29, 0.717) is 0 Å². The van der Waals surface area contributed by atoms with Gasteiger partial charge in [-0.1, -0.05) is 12.1 Å². The molecule has 0 spiro atoms. The Bertz CT molecular complexity index is 450. The molecule has 1 aromatic carbocycles. The fraction of sp³-hybridized carbons (Fsp3) is 0.250. The minimum absolute atomic E-state index is 0.103. The summed E-state index contributed by atoms with van der Waals surface area (Å²) in [5.74, 6) is -2.28. The van der Waals surface area contributed by atoms with Crippen molar-refractivity contribution in [2.24, 2.45) is 0 Å². The van der Waals surface area contributed by atoms with Crippen LogP contribution >= 0.6 is 0 Å². The molecule has 1 rings (SSSR count). The average molecular weight is 236 g/mol. The van der Waals surface area contributed by atoms with Crippen LogP contribution in [0.5, 0.6) is 0 Å². The predicted octanol–water partition coefficient (Wildman–Crippen LogP) is 1.22. The molecule has 0 bridgehead atoms. The number of rotatable bonds is 4. The molecule has 0 aromatic heterocycles.